The normalized spacial score (nSPS) is 13.7. The summed E-state index contributed by atoms with van der Waals surface area (Å²) >= 11 is 5.53. The lowest BCUT2D eigenvalue weighted by Gasteiger charge is -2.17. The molecule has 1 heterocycles. The molecule has 0 radical (unpaired) electrons. The molecule has 0 aliphatic rings. The van der Waals surface area contributed by atoms with Crippen molar-refractivity contribution in [2.75, 3.05) is 7.11 Å². The van der Waals surface area contributed by atoms with Gasteiger partial charge in [-0.1, -0.05) is 11.6 Å². The Morgan fingerprint density at radius 2 is 2.13 bits per heavy atom. The predicted molar refractivity (Wildman–Crippen MR) is 46.8 cm³/mol. The topological polar surface area (TPSA) is 42.4 Å². The summed E-state index contributed by atoms with van der Waals surface area (Å²) in [7, 11) is 1.14. The van der Waals surface area contributed by atoms with Gasteiger partial charge in [0.15, 0.2) is 6.10 Å². The molecule has 0 saturated heterocycles. The van der Waals surface area contributed by atoms with E-state index in [1.165, 1.54) is 6.20 Å². The minimum absolute atomic E-state index is 0.244. The van der Waals surface area contributed by atoms with Crippen molar-refractivity contribution in [1.82, 2.24) is 4.98 Å². The van der Waals surface area contributed by atoms with Gasteiger partial charge >= 0.3 is 6.18 Å². The van der Waals surface area contributed by atoms with Gasteiger partial charge in [0, 0.05) is 6.20 Å². The highest BCUT2D eigenvalue weighted by Gasteiger charge is 2.42. The second kappa shape index (κ2) is 4.24. The van der Waals surface area contributed by atoms with Gasteiger partial charge in [-0.25, -0.2) is 4.98 Å². The number of hydrogen-bond acceptors (Lipinski definition) is 3. The zero-order chi connectivity index (χ0) is 11.6. The maximum Gasteiger partial charge on any atom is 0.418 e. The van der Waals surface area contributed by atoms with Gasteiger partial charge in [-0.05, 0) is 6.07 Å². The van der Waals surface area contributed by atoms with Crippen molar-refractivity contribution in [2.24, 2.45) is 0 Å². The Bertz CT molecular complexity index is 356. The van der Waals surface area contributed by atoms with E-state index in [2.05, 4.69) is 9.72 Å². The van der Waals surface area contributed by atoms with Gasteiger partial charge in [0.1, 0.15) is 0 Å². The SMILES string of the molecule is COc1nccc(Cl)c1[C@H](O)C(F)(F)F. The predicted octanol–water partition coefficient (Wildman–Crippen LogP) is 2.34. The van der Waals surface area contributed by atoms with Crippen LogP contribution in [0.3, 0.4) is 0 Å². The lowest BCUT2D eigenvalue weighted by molar-refractivity contribution is -0.207. The van der Waals surface area contributed by atoms with Crippen molar-refractivity contribution in [2.45, 2.75) is 12.3 Å². The van der Waals surface area contributed by atoms with Gasteiger partial charge in [-0.3, -0.25) is 0 Å². The Morgan fingerprint density at radius 1 is 1.53 bits per heavy atom. The van der Waals surface area contributed by atoms with E-state index in [0.29, 0.717) is 0 Å². The lowest BCUT2D eigenvalue weighted by Crippen LogP contribution is -2.21. The van der Waals surface area contributed by atoms with Gasteiger partial charge in [-0.15, -0.1) is 0 Å². The van der Waals surface area contributed by atoms with E-state index < -0.39 is 17.8 Å². The van der Waals surface area contributed by atoms with Gasteiger partial charge in [0.05, 0.1) is 17.7 Å². The number of aromatic nitrogens is 1. The Labute approximate surface area is 88.5 Å². The van der Waals surface area contributed by atoms with Crippen molar-refractivity contribution in [3.05, 3.63) is 22.8 Å². The third-order valence-electron chi connectivity index (χ3n) is 1.68. The maximum absolute atomic E-state index is 12.2. The Hall–Kier alpha value is -1.01. The molecule has 0 spiro atoms. The van der Waals surface area contributed by atoms with Gasteiger partial charge in [-0.2, -0.15) is 13.2 Å². The molecule has 7 heteroatoms. The number of ether oxygens (including phenoxy) is 1. The van der Waals surface area contributed by atoms with E-state index in [0.717, 1.165) is 13.2 Å². The number of nitrogens with zero attached hydrogens (tertiary/aromatic N) is 1. The van der Waals surface area contributed by atoms with Crippen LogP contribution in [0.5, 0.6) is 5.88 Å². The highest BCUT2D eigenvalue weighted by Crippen LogP contribution is 2.39. The second-order valence-corrected chi connectivity index (χ2v) is 3.07. The molecule has 1 rings (SSSR count). The molecule has 1 aromatic rings. The first-order chi connectivity index (χ1) is 6.88. The van der Waals surface area contributed by atoms with E-state index in [-0.39, 0.29) is 10.9 Å². The maximum atomic E-state index is 12.2. The Morgan fingerprint density at radius 3 is 2.60 bits per heavy atom. The van der Waals surface area contributed by atoms with Crippen LogP contribution in [0.25, 0.3) is 0 Å². The standard InChI is InChI=1S/C8H7ClF3NO2/c1-15-7-5(4(9)2-3-13-7)6(14)8(10,11)12/h2-3,6,14H,1H3/t6-/m0/s1. The van der Waals surface area contributed by atoms with E-state index in [4.69, 9.17) is 16.7 Å². The fourth-order valence-electron chi connectivity index (χ4n) is 1.01. The minimum atomic E-state index is -4.81. The highest BCUT2D eigenvalue weighted by atomic mass is 35.5. The van der Waals surface area contributed by atoms with Crippen LogP contribution in [0.15, 0.2) is 12.3 Å². The number of rotatable bonds is 2. The smallest absolute Gasteiger partial charge is 0.418 e. The number of halogens is 4. The van der Waals surface area contributed by atoms with Crippen LogP contribution in [-0.4, -0.2) is 23.4 Å². The first-order valence-electron chi connectivity index (χ1n) is 3.81. The molecular weight excluding hydrogens is 235 g/mol. The number of methoxy groups -OCH3 is 1. The Balaban J connectivity index is 3.23. The fourth-order valence-corrected chi connectivity index (χ4v) is 1.25. The molecule has 3 nitrogen and oxygen atoms in total. The molecule has 0 unspecified atom stereocenters. The van der Waals surface area contributed by atoms with Crippen LogP contribution in [-0.2, 0) is 0 Å². The quantitative estimate of drug-likeness (QED) is 0.864. The van der Waals surface area contributed by atoms with Crippen LogP contribution < -0.4 is 4.74 Å². The monoisotopic (exact) mass is 241 g/mol. The summed E-state index contributed by atoms with van der Waals surface area (Å²) in [5.41, 5.74) is -0.575. The summed E-state index contributed by atoms with van der Waals surface area (Å²) in [6, 6.07) is 1.15. The molecule has 0 amide bonds. The third-order valence-corrected chi connectivity index (χ3v) is 2.01. The van der Waals surface area contributed by atoms with E-state index in [1.54, 1.807) is 0 Å². The average molecular weight is 242 g/mol. The number of pyridine rings is 1. The molecule has 0 bridgehead atoms. The van der Waals surface area contributed by atoms with E-state index >= 15 is 0 Å². The van der Waals surface area contributed by atoms with Crippen molar-refractivity contribution in [3.63, 3.8) is 0 Å². The second-order valence-electron chi connectivity index (χ2n) is 2.66. The molecule has 0 aromatic carbocycles. The minimum Gasteiger partial charge on any atom is -0.481 e. The molecule has 15 heavy (non-hydrogen) atoms. The summed E-state index contributed by atoms with van der Waals surface area (Å²) in [4.78, 5) is 3.53. The lowest BCUT2D eigenvalue weighted by atomic mass is 10.1. The molecular formula is C8H7ClF3NO2. The molecule has 0 aliphatic carbocycles. The third kappa shape index (κ3) is 2.51. The van der Waals surface area contributed by atoms with Crippen LogP contribution >= 0.6 is 11.6 Å². The van der Waals surface area contributed by atoms with Crippen LogP contribution in [0.1, 0.15) is 11.7 Å². The number of aliphatic hydroxyl groups is 1. The molecule has 84 valence electrons. The fraction of sp³-hybridized carbons (Fsp3) is 0.375. The molecule has 0 aliphatic heterocycles. The van der Waals surface area contributed by atoms with Crippen molar-refractivity contribution < 1.29 is 23.0 Å². The van der Waals surface area contributed by atoms with E-state index in [9.17, 15) is 13.2 Å². The summed E-state index contributed by atoms with van der Waals surface area (Å²) in [6.45, 7) is 0. The zero-order valence-corrected chi connectivity index (χ0v) is 8.30. The highest BCUT2D eigenvalue weighted by molar-refractivity contribution is 6.31. The van der Waals surface area contributed by atoms with Crippen molar-refractivity contribution in [1.29, 1.82) is 0 Å². The van der Waals surface area contributed by atoms with Crippen LogP contribution in [0.4, 0.5) is 13.2 Å². The zero-order valence-electron chi connectivity index (χ0n) is 7.55. The summed E-state index contributed by atoms with van der Waals surface area (Å²) in [5, 5.41) is 8.78. The summed E-state index contributed by atoms with van der Waals surface area (Å²) in [6.07, 6.45) is -6.32. The van der Waals surface area contributed by atoms with Crippen LogP contribution in [0, 0.1) is 0 Å². The van der Waals surface area contributed by atoms with Crippen molar-refractivity contribution in [3.8, 4) is 5.88 Å². The molecule has 1 N–H and O–H groups in total. The van der Waals surface area contributed by atoms with Gasteiger partial charge in [0.25, 0.3) is 0 Å². The molecule has 1 aromatic heterocycles. The molecule has 0 fully saturated rings. The van der Waals surface area contributed by atoms with Gasteiger partial charge < -0.3 is 9.84 Å². The average Bonchev–Trinajstić information content (AvgIpc) is 2.15. The van der Waals surface area contributed by atoms with Crippen molar-refractivity contribution >= 4 is 11.6 Å². The van der Waals surface area contributed by atoms with Gasteiger partial charge in [0.2, 0.25) is 5.88 Å². The first-order valence-corrected chi connectivity index (χ1v) is 4.19. The van der Waals surface area contributed by atoms with Crippen LogP contribution in [0.2, 0.25) is 5.02 Å². The number of aliphatic hydroxyl groups excluding tert-OH is 1. The summed E-state index contributed by atoms with van der Waals surface area (Å²) < 4.78 is 41.3. The Kier molecular flexibility index (Phi) is 3.41. The summed E-state index contributed by atoms with van der Waals surface area (Å²) in [5.74, 6) is -0.340. The first kappa shape index (κ1) is 12.1. The van der Waals surface area contributed by atoms with E-state index in [1.807, 2.05) is 0 Å². The number of alkyl halides is 3. The number of hydrogen-bond donors (Lipinski definition) is 1. The molecule has 0 saturated carbocycles. The molecule has 1 atom stereocenters. The largest absolute Gasteiger partial charge is 0.481 e.